The van der Waals surface area contributed by atoms with Crippen molar-refractivity contribution in [2.24, 2.45) is 0 Å². The first-order valence-electron chi connectivity index (χ1n) is 9.76. The number of hydrogen-bond donors (Lipinski definition) is 1. The van der Waals surface area contributed by atoms with E-state index in [0.29, 0.717) is 11.3 Å². The van der Waals surface area contributed by atoms with Gasteiger partial charge in [0.2, 0.25) is 5.91 Å². The number of H-pyrrole nitrogens is 1. The van der Waals surface area contributed by atoms with E-state index in [-0.39, 0.29) is 21.9 Å². The summed E-state index contributed by atoms with van der Waals surface area (Å²) in [5, 5.41) is 0.133. The molecule has 0 spiro atoms. The molecule has 28 heavy (non-hydrogen) atoms. The lowest BCUT2D eigenvalue weighted by atomic mass is 9.86. The molecular formula is C23H27ClN2O2. The number of benzene rings is 1. The standard InChI is InChI=1S/C23H27ClN2O2/c1-23(2,3)17-9-7-16(8-10-17)18(20-12-11-19(24)22(28)25-20)15-21(27)26-13-5-4-6-14-26/h7-12,15H,4-6,13-14H2,1-3H3,(H,25,28). The van der Waals surface area contributed by atoms with E-state index in [0.717, 1.165) is 31.5 Å². The number of aromatic amines is 1. The van der Waals surface area contributed by atoms with Crippen LogP contribution in [0, 0.1) is 0 Å². The number of carbonyl (C=O) groups is 1. The van der Waals surface area contributed by atoms with Crippen LogP contribution in [0.25, 0.3) is 5.57 Å². The van der Waals surface area contributed by atoms with Gasteiger partial charge in [0, 0.05) is 30.4 Å². The van der Waals surface area contributed by atoms with Crippen LogP contribution in [-0.4, -0.2) is 28.9 Å². The van der Waals surface area contributed by atoms with E-state index in [2.05, 4.69) is 37.9 Å². The molecule has 1 aromatic heterocycles. The van der Waals surface area contributed by atoms with Crippen LogP contribution in [0.1, 0.15) is 56.9 Å². The molecule has 0 saturated carbocycles. The van der Waals surface area contributed by atoms with Gasteiger partial charge in [-0.15, -0.1) is 0 Å². The molecule has 0 unspecified atom stereocenters. The third kappa shape index (κ3) is 4.74. The number of amides is 1. The van der Waals surface area contributed by atoms with E-state index >= 15 is 0 Å². The van der Waals surface area contributed by atoms with Gasteiger partial charge < -0.3 is 9.88 Å². The Bertz CT molecular complexity index is 930. The zero-order valence-corrected chi connectivity index (χ0v) is 17.5. The monoisotopic (exact) mass is 398 g/mol. The molecule has 2 heterocycles. The van der Waals surface area contributed by atoms with E-state index in [4.69, 9.17) is 11.6 Å². The quantitative estimate of drug-likeness (QED) is 0.757. The number of aromatic nitrogens is 1. The second-order valence-electron chi connectivity index (χ2n) is 8.32. The van der Waals surface area contributed by atoms with Gasteiger partial charge in [-0.1, -0.05) is 56.6 Å². The molecule has 1 fully saturated rings. The fourth-order valence-electron chi connectivity index (χ4n) is 3.41. The van der Waals surface area contributed by atoms with Gasteiger partial charge in [-0.05, 0) is 47.9 Å². The number of hydrogen-bond acceptors (Lipinski definition) is 2. The van der Waals surface area contributed by atoms with Gasteiger partial charge in [-0.2, -0.15) is 0 Å². The van der Waals surface area contributed by atoms with Gasteiger partial charge in [0.05, 0.1) is 0 Å². The molecule has 4 nitrogen and oxygen atoms in total. The van der Waals surface area contributed by atoms with Crippen LogP contribution >= 0.6 is 11.6 Å². The number of rotatable bonds is 3. The average molecular weight is 399 g/mol. The molecule has 1 N–H and O–H groups in total. The van der Waals surface area contributed by atoms with Crippen LogP contribution < -0.4 is 5.56 Å². The molecular weight excluding hydrogens is 372 g/mol. The van der Waals surface area contributed by atoms with E-state index in [1.54, 1.807) is 18.2 Å². The van der Waals surface area contributed by atoms with E-state index in [9.17, 15) is 9.59 Å². The van der Waals surface area contributed by atoms with Crippen molar-refractivity contribution in [2.45, 2.75) is 45.4 Å². The Kier molecular flexibility index (Phi) is 6.09. The Morgan fingerprint density at radius 1 is 1.04 bits per heavy atom. The second kappa shape index (κ2) is 8.36. The zero-order valence-electron chi connectivity index (χ0n) is 16.7. The molecule has 1 aliphatic rings. The normalized spacial score (nSPS) is 15.6. The highest BCUT2D eigenvalue weighted by Gasteiger charge is 2.18. The number of nitrogens with one attached hydrogen (secondary N) is 1. The number of nitrogens with zero attached hydrogens (tertiary/aromatic N) is 1. The SMILES string of the molecule is CC(C)(C)c1ccc(C(=CC(=O)N2CCCCC2)c2ccc(Cl)c(=O)[nH]2)cc1. The van der Waals surface area contributed by atoms with Crippen LogP contribution in [0.2, 0.25) is 5.02 Å². The topological polar surface area (TPSA) is 53.2 Å². The number of pyridine rings is 1. The lowest BCUT2D eigenvalue weighted by Crippen LogP contribution is -2.34. The Morgan fingerprint density at radius 3 is 2.25 bits per heavy atom. The highest BCUT2D eigenvalue weighted by Crippen LogP contribution is 2.27. The Labute approximate surface area is 171 Å². The molecule has 148 valence electrons. The van der Waals surface area contributed by atoms with Crippen LogP contribution in [-0.2, 0) is 10.2 Å². The van der Waals surface area contributed by atoms with Crippen molar-refractivity contribution < 1.29 is 4.79 Å². The molecule has 1 amide bonds. The van der Waals surface area contributed by atoms with Gasteiger partial charge >= 0.3 is 0 Å². The van der Waals surface area contributed by atoms with Crippen molar-refractivity contribution in [1.29, 1.82) is 0 Å². The minimum absolute atomic E-state index is 0.0228. The van der Waals surface area contributed by atoms with E-state index in [1.807, 2.05) is 17.0 Å². The minimum atomic E-state index is -0.359. The number of carbonyl (C=O) groups excluding carboxylic acids is 1. The first-order valence-corrected chi connectivity index (χ1v) is 10.1. The number of piperidine rings is 1. The summed E-state index contributed by atoms with van der Waals surface area (Å²) >= 11 is 5.89. The first-order chi connectivity index (χ1) is 13.3. The molecule has 1 aromatic carbocycles. The largest absolute Gasteiger partial charge is 0.339 e. The predicted molar refractivity (Wildman–Crippen MR) is 115 cm³/mol. The summed E-state index contributed by atoms with van der Waals surface area (Å²) in [5.74, 6) is -0.0228. The molecule has 0 atom stereocenters. The van der Waals surface area contributed by atoms with Crippen molar-refractivity contribution in [3.05, 3.63) is 74.7 Å². The van der Waals surface area contributed by atoms with Gasteiger partial charge in [0.15, 0.2) is 0 Å². The minimum Gasteiger partial charge on any atom is -0.339 e. The maximum atomic E-state index is 12.9. The van der Waals surface area contributed by atoms with Crippen molar-refractivity contribution in [3.8, 4) is 0 Å². The van der Waals surface area contributed by atoms with Crippen LogP contribution in [0.4, 0.5) is 0 Å². The number of halogens is 1. The smallest absolute Gasteiger partial charge is 0.267 e. The Balaban J connectivity index is 2.03. The summed E-state index contributed by atoms with van der Waals surface area (Å²) < 4.78 is 0. The van der Waals surface area contributed by atoms with Gasteiger partial charge in [0.1, 0.15) is 5.02 Å². The van der Waals surface area contributed by atoms with Gasteiger partial charge in [-0.3, -0.25) is 9.59 Å². The maximum Gasteiger partial charge on any atom is 0.267 e. The van der Waals surface area contributed by atoms with Crippen LogP contribution in [0.3, 0.4) is 0 Å². The van der Waals surface area contributed by atoms with Gasteiger partial charge in [0.25, 0.3) is 5.56 Å². The van der Waals surface area contributed by atoms with Gasteiger partial charge in [-0.25, -0.2) is 0 Å². The summed E-state index contributed by atoms with van der Waals surface area (Å²) in [6.07, 6.45) is 4.87. The second-order valence-corrected chi connectivity index (χ2v) is 8.73. The predicted octanol–water partition coefficient (Wildman–Crippen LogP) is 4.77. The Morgan fingerprint density at radius 2 is 1.68 bits per heavy atom. The first kappa shape index (κ1) is 20.4. The molecule has 0 aliphatic carbocycles. The highest BCUT2D eigenvalue weighted by molar-refractivity contribution is 6.30. The third-order valence-electron chi connectivity index (χ3n) is 5.15. The Hall–Kier alpha value is -2.33. The average Bonchev–Trinajstić information content (AvgIpc) is 2.68. The summed E-state index contributed by atoms with van der Waals surface area (Å²) in [6, 6.07) is 11.5. The van der Waals surface area contributed by atoms with Crippen LogP contribution in [0.15, 0.2) is 47.3 Å². The fraction of sp³-hybridized carbons (Fsp3) is 0.391. The maximum absolute atomic E-state index is 12.9. The summed E-state index contributed by atoms with van der Waals surface area (Å²) in [7, 11) is 0. The lowest BCUT2D eigenvalue weighted by Gasteiger charge is -2.26. The number of likely N-dealkylation sites (tertiary alicyclic amines) is 1. The molecule has 3 rings (SSSR count). The lowest BCUT2D eigenvalue weighted by molar-refractivity contribution is -0.126. The molecule has 1 saturated heterocycles. The summed E-state index contributed by atoms with van der Waals surface area (Å²) in [6.45, 7) is 8.05. The molecule has 0 radical (unpaired) electrons. The highest BCUT2D eigenvalue weighted by atomic mass is 35.5. The van der Waals surface area contributed by atoms with Crippen LogP contribution in [0.5, 0.6) is 0 Å². The van der Waals surface area contributed by atoms with Crippen molar-refractivity contribution in [2.75, 3.05) is 13.1 Å². The van der Waals surface area contributed by atoms with Crippen molar-refractivity contribution in [3.63, 3.8) is 0 Å². The third-order valence-corrected chi connectivity index (χ3v) is 5.45. The zero-order chi connectivity index (χ0) is 20.3. The fourth-order valence-corrected chi connectivity index (χ4v) is 3.52. The van der Waals surface area contributed by atoms with E-state index < -0.39 is 0 Å². The van der Waals surface area contributed by atoms with Crippen molar-refractivity contribution >= 4 is 23.1 Å². The summed E-state index contributed by atoms with van der Waals surface area (Å²) in [4.78, 5) is 29.6. The molecule has 2 aromatic rings. The van der Waals surface area contributed by atoms with Crippen molar-refractivity contribution in [1.82, 2.24) is 9.88 Å². The van der Waals surface area contributed by atoms with E-state index in [1.165, 1.54) is 12.0 Å². The summed E-state index contributed by atoms with van der Waals surface area (Å²) in [5.41, 5.74) is 3.06. The molecule has 5 heteroatoms. The molecule has 1 aliphatic heterocycles. The molecule has 0 bridgehead atoms.